The minimum absolute atomic E-state index is 0.148. The highest BCUT2D eigenvalue weighted by atomic mass is 16.2. The first-order valence-electron chi connectivity index (χ1n) is 10.3. The van der Waals surface area contributed by atoms with Gasteiger partial charge in [0.2, 0.25) is 11.9 Å². The summed E-state index contributed by atoms with van der Waals surface area (Å²) in [5.41, 5.74) is 2.08. The highest BCUT2D eigenvalue weighted by Gasteiger charge is 2.24. The van der Waals surface area contributed by atoms with Crippen LogP contribution in [0.4, 0.5) is 11.8 Å². The zero-order valence-corrected chi connectivity index (χ0v) is 16.8. The molecule has 2 aliphatic heterocycles. The summed E-state index contributed by atoms with van der Waals surface area (Å²) in [7, 11) is 0. The number of nitrogens with zero attached hydrogens (tertiary/aromatic N) is 5. The van der Waals surface area contributed by atoms with Crippen molar-refractivity contribution in [3.05, 3.63) is 36.4 Å². The molecule has 6 heteroatoms. The second-order valence-corrected chi connectivity index (χ2v) is 7.96. The van der Waals surface area contributed by atoms with Gasteiger partial charge in [0.05, 0.1) is 5.69 Å². The van der Waals surface area contributed by atoms with E-state index in [1.54, 1.807) is 6.92 Å². The van der Waals surface area contributed by atoms with Gasteiger partial charge in [-0.2, -0.15) is 4.98 Å². The van der Waals surface area contributed by atoms with Crippen LogP contribution in [0, 0.1) is 5.92 Å². The number of piperidine rings is 1. The topological polar surface area (TPSA) is 52.6 Å². The molecular formula is C22H29N5O. The van der Waals surface area contributed by atoms with Crippen LogP contribution in [0.1, 0.15) is 26.7 Å². The van der Waals surface area contributed by atoms with E-state index >= 15 is 0 Å². The van der Waals surface area contributed by atoms with Crippen LogP contribution >= 0.6 is 0 Å². The first kappa shape index (κ1) is 18.7. The normalized spacial score (nSPS) is 20.4. The number of aromatic nitrogens is 2. The molecule has 0 N–H and O–H groups in total. The monoisotopic (exact) mass is 379 g/mol. The molecule has 6 nitrogen and oxygen atoms in total. The molecule has 2 aliphatic rings. The van der Waals surface area contributed by atoms with Crippen LogP contribution in [0.25, 0.3) is 11.3 Å². The van der Waals surface area contributed by atoms with Crippen molar-refractivity contribution < 1.29 is 4.79 Å². The van der Waals surface area contributed by atoms with Gasteiger partial charge in [-0.15, -0.1) is 0 Å². The van der Waals surface area contributed by atoms with E-state index < -0.39 is 0 Å². The summed E-state index contributed by atoms with van der Waals surface area (Å²) in [6, 6.07) is 12.4. The number of hydrogen-bond donors (Lipinski definition) is 0. The lowest BCUT2D eigenvalue weighted by Gasteiger charge is -2.36. The van der Waals surface area contributed by atoms with Crippen molar-refractivity contribution in [2.24, 2.45) is 5.92 Å². The van der Waals surface area contributed by atoms with Crippen molar-refractivity contribution in [1.82, 2.24) is 14.9 Å². The smallest absolute Gasteiger partial charge is 0.227 e. The fraction of sp³-hybridized carbons (Fsp3) is 0.500. The molecule has 1 amide bonds. The molecule has 0 aliphatic carbocycles. The summed E-state index contributed by atoms with van der Waals surface area (Å²) in [6.45, 7) is 9.07. The first-order chi connectivity index (χ1) is 13.6. The van der Waals surface area contributed by atoms with Crippen molar-refractivity contribution in [3.8, 4) is 11.3 Å². The lowest BCUT2D eigenvalue weighted by Crippen LogP contribution is -2.48. The minimum atomic E-state index is 0.148. The molecule has 2 aromatic rings. The Morgan fingerprint density at radius 3 is 2.43 bits per heavy atom. The summed E-state index contributed by atoms with van der Waals surface area (Å²) in [6.07, 6.45) is 2.46. The van der Waals surface area contributed by atoms with Crippen molar-refractivity contribution in [2.45, 2.75) is 26.7 Å². The summed E-state index contributed by atoms with van der Waals surface area (Å²) >= 11 is 0. The Labute approximate surface area is 167 Å². The summed E-state index contributed by atoms with van der Waals surface area (Å²) in [4.78, 5) is 28.0. The SMILES string of the molecule is CC(=O)N1CCN(c2cc(-c3ccccc3)nc(N3CCCC(C)C3)n2)CC1. The van der Waals surface area contributed by atoms with E-state index in [2.05, 4.69) is 34.9 Å². The molecule has 1 aromatic heterocycles. The maximum Gasteiger partial charge on any atom is 0.227 e. The van der Waals surface area contributed by atoms with Gasteiger partial charge in [-0.3, -0.25) is 4.79 Å². The number of hydrogen-bond acceptors (Lipinski definition) is 5. The molecule has 2 saturated heterocycles. The fourth-order valence-electron chi connectivity index (χ4n) is 4.10. The first-order valence-corrected chi connectivity index (χ1v) is 10.3. The molecule has 0 bridgehead atoms. The highest BCUT2D eigenvalue weighted by Crippen LogP contribution is 2.28. The molecule has 1 unspecified atom stereocenters. The number of anilines is 2. The molecule has 148 valence electrons. The quantitative estimate of drug-likeness (QED) is 0.820. The van der Waals surface area contributed by atoms with E-state index in [-0.39, 0.29) is 5.91 Å². The fourth-order valence-corrected chi connectivity index (χ4v) is 4.10. The van der Waals surface area contributed by atoms with Gasteiger partial charge in [0.15, 0.2) is 0 Å². The van der Waals surface area contributed by atoms with E-state index in [4.69, 9.17) is 9.97 Å². The van der Waals surface area contributed by atoms with Gasteiger partial charge in [0, 0.05) is 57.8 Å². The number of piperazine rings is 1. The third-order valence-corrected chi connectivity index (χ3v) is 5.76. The average molecular weight is 380 g/mol. The van der Waals surface area contributed by atoms with E-state index in [1.165, 1.54) is 12.8 Å². The van der Waals surface area contributed by atoms with Crippen LogP contribution in [-0.4, -0.2) is 60.0 Å². The van der Waals surface area contributed by atoms with Crippen LogP contribution in [0.3, 0.4) is 0 Å². The number of rotatable bonds is 3. The third kappa shape index (κ3) is 4.11. The van der Waals surface area contributed by atoms with Gasteiger partial charge in [-0.25, -0.2) is 4.98 Å². The van der Waals surface area contributed by atoms with Crippen molar-refractivity contribution in [3.63, 3.8) is 0 Å². The average Bonchev–Trinajstić information content (AvgIpc) is 2.74. The molecule has 0 radical (unpaired) electrons. The van der Waals surface area contributed by atoms with E-state index in [0.29, 0.717) is 5.92 Å². The maximum absolute atomic E-state index is 11.6. The lowest BCUT2D eigenvalue weighted by molar-refractivity contribution is -0.129. The Balaban J connectivity index is 1.65. The summed E-state index contributed by atoms with van der Waals surface area (Å²) < 4.78 is 0. The van der Waals surface area contributed by atoms with Crippen molar-refractivity contribution in [1.29, 1.82) is 0 Å². The number of benzene rings is 1. The predicted molar refractivity (Wildman–Crippen MR) is 113 cm³/mol. The zero-order chi connectivity index (χ0) is 19.5. The van der Waals surface area contributed by atoms with Gasteiger partial charge in [0.25, 0.3) is 0 Å². The molecule has 4 rings (SSSR count). The van der Waals surface area contributed by atoms with Crippen LogP contribution in [0.2, 0.25) is 0 Å². The van der Waals surface area contributed by atoms with Crippen LogP contribution in [0.15, 0.2) is 36.4 Å². The second kappa shape index (κ2) is 8.17. The standard InChI is InChI=1S/C22H29N5O/c1-17-7-6-10-27(16-17)22-23-20(19-8-4-3-5-9-19)15-21(24-22)26-13-11-25(12-14-26)18(2)28/h3-5,8-9,15,17H,6-7,10-14,16H2,1-2H3. The predicted octanol–water partition coefficient (Wildman–Crippen LogP) is 3.05. The number of carbonyl (C=O) groups excluding carboxylic acids is 1. The van der Waals surface area contributed by atoms with Crippen LogP contribution < -0.4 is 9.80 Å². The van der Waals surface area contributed by atoms with E-state index in [1.807, 2.05) is 23.1 Å². The van der Waals surface area contributed by atoms with Crippen molar-refractivity contribution in [2.75, 3.05) is 49.1 Å². The third-order valence-electron chi connectivity index (χ3n) is 5.76. The molecular weight excluding hydrogens is 350 g/mol. The van der Waals surface area contributed by atoms with E-state index in [9.17, 15) is 4.79 Å². The number of amides is 1. The Kier molecular flexibility index (Phi) is 5.46. The molecule has 3 heterocycles. The van der Waals surface area contributed by atoms with Gasteiger partial charge in [-0.1, -0.05) is 37.3 Å². The van der Waals surface area contributed by atoms with Gasteiger partial charge in [0.1, 0.15) is 5.82 Å². The zero-order valence-electron chi connectivity index (χ0n) is 16.8. The largest absolute Gasteiger partial charge is 0.353 e. The van der Waals surface area contributed by atoms with Gasteiger partial charge < -0.3 is 14.7 Å². The molecule has 1 atom stereocenters. The highest BCUT2D eigenvalue weighted by molar-refractivity contribution is 5.73. The van der Waals surface area contributed by atoms with Gasteiger partial charge >= 0.3 is 0 Å². The molecule has 0 saturated carbocycles. The molecule has 1 aromatic carbocycles. The summed E-state index contributed by atoms with van der Waals surface area (Å²) in [5.74, 6) is 2.61. The van der Waals surface area contributed by atoms with Crippen molar-refractivity contribution >= 4 is 17.7 Å². The van der Waals surface area contributed by atoms with Gasteiger partial charge in [-0.05, 0) is 18.8 Å². The Morgan fingerprint density at radius 1 is 1.00 bits per heavy atom. The summed E-state index contributed by atoms with van der Waals surface area (Å²) in [5, 5.41) is 0. The number of carbonyl (C=O) groups is 1. The Bertz CT molecular complexity index is 817. The molecule has 2 fully saturated rings. The maximum atomic E-state index is 11.6. The van der Waals surface area contributed by atoms with Crippen LogP contribution in [0.5, 0.6) is 0 Å². The second-order valence-electron chi connectivity index (χ2n) is 7.96. The van der Waals surface area contributed by atoms with E-state index in [0.717, 1.165) is 62.3 Å². The molecule has 28 heavy (non-hydrogen) atoms. The Hall–Kier alpha value is -2.63. The minimum Gasteiger partial charge on any atom is -0.353 e. The lowest BCUT2D eigenvalue weighted by atomic mass is 10.0. The van der Waals surface area contributed by atoms with Crippen LogP contribution in [-0.2, 0) is 4.79 Å². The Morgan fingerprint density at radius 2 is 1.75 bits per heavy atom. The molecule has 0 spiro atoms.